The van der Waals surface area contributed by atoms with E-state index in [4.69, 9.17) is 0 Å². The minimum atomic E-state index is -0.0557. The topological polar surface area (TPSA) is 37.3 Å². The van der Waals surface area contributed by atoms with Gasteiger partial charge in [0.2, 0.25) is 0 Å². The fraction of sp³-hybridized carbons (Fsp3) is 0.278. The minimum Gasteiger partial charge on any atom is -0.507 e. The van der Waals surface area contributed by atoms with Crippen LogP contribution in [-0.4, -0.2) is 10.9 Å². The third-order valence-corrected chi connectivity index (χ3v) is 3.37. The maximum atomic E-state index is 12.4. The second kappa shape index (κ2) is 5.49. The number of rotatable bonds is 3. The Hall–Kier alpha value is -2.09. The van der Waals surface area contributed by atoms with Crippen LogP contribution in [0.3, 0.4) is 0 Å². The van der Waals surface area contributed by atoms with Gasteiger partial charge in [-0.25, -0.2) is 0 Å². The summed E-state index contributed by atoms with van der Waals surface area (Å²) in [4.78, 5) is 12.4. The zero-order valence-corrected chi connectivity index (χ0v) is 12.2. The first-order valence-electron chi connectivity index (χ1n) is 6.78. The summed E-state index contributed by atoms with van der Waals surface area (Å²) in [6.45, 7) is 6.26. The standard InChI is InChI=1S/C18H20O2/c1-18(2,3)14-9-10-16(19)15(12-14)17(20)11-13-7-5-4-6-8-13/h4-10,12,19H,11H2,1-3H3. The summed E-state index contributed by atoms with van der Waals surface area (Å²) >= 11 is 0. The van der Waals surface area contributed by atoms with Crippen LogP contribution in [0.1, 0.15) is 42.3 Å². The Bertz CT molecular complexity index is 607. The van der Waals surface area contributed by atoms with E-state index in [1.165, 1.54) is 0 Å². The number of hydrogen-bond donors (Lipinski definition) is 1. The van der Waals surface area contributed by atoms with Gasteiger partial charge in [0, 0.05) is 6.42 Å². The number of phenols is 1. The van der Waals surface area contributed by atoms with Gasteiger partial charge < -0.3 is 5.11 Å². The fourth-order valence-electron chi connectivity index (χ4n) is 2.10. The molecular formula is C18H20O2. The van der Waals surface area contributed by atoms with E-state index in [-0.39, 0.29) is 16.9 Å². The molecule has 104 valence electrons. The van der Waals surface area contributed by atoms with E-state index in [2.05, 4.69) is 20.8 Å². The number of carbonyl (C=O) groups is 1. The molecule has 20 heavy (non-hydrogen) atoms. The average Bonchev–Trinajstić information content (AvgIpc) is 2.39. The van der Waals surface area contributed by atoms with E-state index in [9.17, 15) is 9.90 Å². The number of aromatic hydroxyl groups is 1. The van der Waals surface area contributed by atoms with E-state index in [1.54, 1.807) is 12.1 Å². The monoisotopic (exact) mass is 268 g/mol. The Labute approximate surface area is 120 Å². The molecule has 0 aromatic heterocycles. The van der Waals surface area contributed by atoms with Crippen molar-refractivity contribution >= 4 is 5.78 Å². The molecule has 0 aliphatic rings. The van der Waals surface area contributed by atoms with Crippen molar-refractivity contribution in [2.24, 2.45) is 0 Å². The third kappa shape index (κ3) is 3.27. The molecule has 2 aromatic rings. The third-order valence-electron chi connectivity index (χ3n) is 3.37. The highest BCUT2D eigenvalue weighted by atomic mass is 16.3. The number of carbonyl (C=O) groups excluding carboxylic acids is 1. The van der Waals surface area contributed by atoms with Gasteiger partial charge in [-0.1, -0.05) is 57.2 Å². The van der Waals surface area contributed by atoms with Crippen molar-refractivity contribution in [1.29, 1.82) is 0 Å². The lowest BCUT2D eigenvalue weighted by atomic mass is 9.85. The summed E-state index contributed by atoms with van der Waals surface area (Å²) in [5, 5.41) is 9.93. The number of ketones is 1. The molecule has 0 spiro atoms. The molecule has 0 atom stereocenters. The molecule has 0 aliphatic heterocycles. The first-order valence-corrected chi connectivity index (χ1v) is 6.78. The van der Waals surface area contributed by atoms with Gasteiger partial charge in [0.25, 0.3) is 0 Å². The van der Waals surface area contributed by atoms with Gasteiger partial charge in [-0.15, -0.1) is 0 Å². The Morgan fingerprint density at radius 2 is 1.70 bits per heavy atom. The first-order chi connectivity index (χ1) is 9.38. The Morgan fingerprint density at radius 1 is 1.05 bits per heavy atom. The number of Topliss-reactive ketones (excluding diaryl/α,β-unsaturated/α-hetero) is 1. The van der Waals surface area contributed by atoms with E-state index < -0.39 is 0 Å². The fourth-order valence-corrected chi connectivity index (χ4v) is 2.10. The second-order valence-corrected chi connectivity index (χ2v) is 6.07. The van der Waals surface area contributed by atoms with E-state index in [0.717, 1.165) is 11.1 Å². The second-order valence-electron chi connectivity index (χ2n) is 6.07. The van der Waals surface area contributed by atoms with E-state index >= 15 is 0 Å². The number of benzene rings is 2. The van der Waals surface area contributed by atoms with Gasteiger partial charge in [-0.3, -0.25) is 4.79 Å². The molecule has 0 amide bonds. The molecule has 2 rings (SSSR count). The molecular weight excluding hydrogens is 248 g/mol. The molecule has 2 nitrogen and oxygen atoms in total. The summed E-state index contributed by atoms with van der Waals surface area (Å²) in [6, 6.07) is 14.9. The Balaban J connectivity index is 2.30. The van der Waals surface area contributed by atoms with Gasteiger partial charge in [0.1, 0.15) is 5.75 Å². The Kier molecular flexibility index (Phi) is 3.93. The van der Waals surface area contributed by atoms with Crippen LogP contribution in [-0.2, 0) is 11.8 Å². The van der Waals surface area contributed by atoms with Crippen molar-refractivity contribution in [1.82, 2.24) is 0 Å². The molecule has 2 heteroatoms. The minimum absolute atomic E-state index is 0.0462. The quantitative estimate of drug-likeness (QED) is 0.850. The summed E-state index contributed by atoms with van der Waals surface area (Å²) < 4.78 is 0. The van der Waals surface area contributed by atoms with Crippen molar-refractivity contribution in [3.63, 3.8) is 0 Å². The smallest absolute Gasteiger partial charge is 0.170 e. The average molecular weight is 268 g/mol. The first kappa shape index (κ1) is 14.3. The van der Waals surface area contributed by atoms with Crippen molar-refractivity contribution in [3.8, 4) is 5.75 Å². The van der Waals surface area contributed by atoms with Crippen molar-refractivity contribution in [2.75, 3.05) is 0 Å². The van der Waals surface area contributed by atoms with Crippen LogP contribution in [0, 0.1) is 0 Å². The van der Waals surface area contributed by atoms with E-state index in [1.807, 2.05) is 36.4 Å². The SMILES string of the molecule is CC(C)(C)c1ccc(O)c(C(=O)Cc2ccccc2)c1. The molecule has 0 saturated heterocycles. The molecule has 0 aliphatic carbocycles. The maximum Gasteiger partial charge on any atom is 0.170 e. The van der Waals surface area contributed by atoms with Crippen LogP contribution in [0.15, 0.2) is 48.5 Å². The van der Waals surface area contributed by atoms with Gasteiger partial charge in [-0.2, -0.15) is 0 Å². The summed E-state index contributed by atoms with van der Waals surface area (Å²) in [5.41, 5.74) is 2.36. The Morgan fingerprint density at radius 3 is 2.30 bits per heavy atom. The molecule has 1 N–H and O–H groups in total. The van der Waals surface area contributed by atoms with Crippen LogP contribution in [0.25, 0.3) is 0 Å². The normalized spacial score (nSPS) is 11.3. The number of phenolic OH excluding ortho intramolecular Hbond substituents is 1. The molecule has 0 fully saturated rings. The zero-order chi connectivity index (χ0) is 14.8. The molecule has 2 aromatic carbocycles. The van der Waals surface area contributed by atoms with Gasteiger partial charge in [0.05, 0.1) is 5.56 Å². The predicted octanol–water partition coefficient (Wildman–Crippen LogP) is 4.12. The van der Waals surface area contributed by atoms with Crippen molar-refractivity contribution in [2.45, 2.75) is 32.6 Å². The molecule has 0 radical (unpaired) electrons. The van der Waals surface area contributed by atoms with Gasteiger partial charge in [0.15, 0.2) is 5.78 Å². The van der Waals surface area contributed by atoms with Crippen molar-refractivity contribution < 1.29 is 9.90 Å². The summed E-state index contributed by atoms with van der Waals surface area (Å²) in [5.74, 6) is -0.00117. The molecule has 0 unspecified atom stereocenters. The maximum absolute atomic E-state index is 12.4. The zero-order valence-electron chi connectivity index (χ0n) is 12.2. The van der Waals surface area contributed by atoms with E-state index in [0.29, 0.717) is 12.0 Å². The highest BCUT2D eigenvalue weighted by Crippen LogP contribution is 2.28. The lowest BCUT2D eigenvalue weighted by molar-refractivity contribution is 0.0990. The van der Waals surface area contributed by atoms with Crippen LogP contribution in [0.5, 0.6) is 5.75 Å². The van der Waals surface area contributed by atoms with Crippen LogP contribution in [0.4, 0.5) is 0 Å². The van der Waals surface area contributed by atoms with Crippen molar-refractivity contribution in [3.05, 3.63) is 65.2 Å². The van der Waals surface area contributed by atoms with Crippen LogP contribution >= 0.6 is 0 Å². The largest absolute Gasteiger partial charge is 0.507 e. The van der Waals surface area contributed by atoms with Gasteiger partial charge >= 0.3 is 0 Å². The summed E-state index contributed by atoms with van der Waals surface area (Å²) in [7, 11) is 0. The van der Waals surface area contributed by atoms with Gasteiger partial charge in [-0.05, 0) is 28.7 Å². The predicted molar refractivity (Wildman–Crippen MR) is 81.3 cm³/mol. The lowest BCUT2D eigenvalue weighted by Crippen LogP contribution is -2.13. The molecule has 0 heterocycles. The van der Waals surface area contributed by atoms with Crippen LogP contribution in [0.2, 0.25) is 0 Å². The highest BCUT2D eigenvalue weighted by Gasteiger charge is 2.18. The number of hydrogen-bond acceptors (Lipinski definition) is 2. The lowest BCUT2D eigenvalue weighted by Gasteiger charge is -2.20. The molecule has 0 saturated carbocycles. The van der Waals surface area contributed by atoms with Crippen LogP contribution < -0.4 is 0 Å². The molecule has 0 bridgehead atoms. The highest BCUT2D eigenvalue weighted by molar-refractivity contribution is 6.00. The summed E-state index contributed by atoms with van der Waals surface area (Å²) in [6.07, 6.45) is 0.308.